The van der Waals surface area contributed by atoms with E-state index < -0.39 is 0 Å². The topological polar surface area (TPSA) is 0 Å². The van der Waals surface area contributed by atoms with Gasteiger partial charge in [0.1, 0.15) is 0 Å². The van der Waals surface area contributed by atoms with E-state index in [4.69, 9.17) is 0 Å². The highest BCUT2D eigenvalue weighted by Gasteiger charge is 2.10. The second-order valence-electron chi connectivity index (χ2n) is 3.13. The molecule has 1 atom stereocenters. The molecule has 1 aliphatic carbocycles. The van der Waals surface area contributed by atoms with Crippen LogP contribution < -0.4 is 0 Å². The minimum absolute atomic E-state index is 0.778. The third-order valence-corrected chi connectivity index (χ3v) is 2.33. The Bertz CT molecular complexity index is 135. The van der Waals surface area contributed by atoms with Crippen molar-refractivity contribution in [1.82, 2.24) is 0 Å². The van der Waals surface area contributed by atoms with Crippen molar-refractivity contribution >= 4 is 0 Å². The summed E-state index contributed by atoms with van der Waals surface area (Å²) in [5, 5.41) is 0. The van der Waals surface area contributed by atoms with Crippen LogP contribution in [0.2, 0.25) is 0 Å². The summed E-state index contributed by atoms with van der Waals surface area (Å²) in [6, 6.07) is 0. The number of hydrogen-bond acceptors (Lipinski definition) is 0. The molecule has 1 radical (unpaired) electrons. The van der Waals surface area contributed by atoms with E-state index in [0.29, 0.717) is 0 Å². The minimum Gasteiger partial charge on any atom is -0.0814 e. The van der Waals surface area contributed by atoms with E-state index in [2.05, 4.69) is 38.2 Å². The first-order valence-electron chi connectivity index (χ1n) is 4.56. The molecule has 11 heavy (non-hydrogen) atoms. The van der Waals surface area contributed by atoms with E-state index in [0.717, 1.165) is 5.92 Å². The monoisotopic (exact) mass is 149 g/mol. The Morgan fingerprint density at radius 3 is 2.82 bits per heavy atom. The minimum atomic E-state index is 0.778. The fourth-order valence-electron chi connectivity index (χ4n) is 1.43. The average molecular weight is 149 g/mol. The molecule has 0 aromatic heterocycles. The van der Waals surface area contributed by atoms with Crippen molar-refractivity contribution in [3.63, 3.8) is 0 Å². The lowest BCUT2D eigenvalue weighted by molar-refractivity contribution is 0.584. The lowest BCUT2D eigenvalue weighted by Crippen LogP contribution is -1.99. The second kappa shape index (κ2) is 4.38. The summed E-state index contributed by atoms with van der Waals surface area (Å²) in [5.74, 6) is 2.36. The molecule has 61 valence electrons. The number of hydrogen-bond donors (Lipinski definition) is 0. The Morgan fingerprint density at radius 1 is 1.36 bits per heavy atom. The van der Waals surface area contributed by atoms with E-state index in [1.807, 2.05) is 0 Å². The Labute approximate surface area is 70.0 Å². The van der Waals surface area contributed by atoms with Gasteiger partial charge < -0.3 is 0 Å². The molecular formula is C11H17. The highest BCUT2D eigenvalue weighted by atomic mass is 14.1. The molecule has 0 aliphatic heterocycles. The molecule has 0 heteroatoms. The zero-order valence-corrected chi connectivity index (χ0v) is 7.51. The Balaban J connectivity index is 2.51. The molecule has 1 unspecified atom stereocenters. The molecule has 1 aliphatic rings. The van der Waals surface area contributed by atoms with E-state index in [9.17, 15) is 0 Å². The smallest absolute Gasteiger partial charge is 0.00210 e. The summed E-state index contributed by atoms with van der Waals surface area (Å²) in [6.45, 7) is 4.49. The van der Waals surface area contributed by atoms with E-state index in [1.165, 1.54) is 19.3 Å². The Morgan fingerprint density at radius 2 is 2.18 bits per heavy atom. The van der Waals surface area contributed by atoms with Crippen LogP contribution >= 0.6 is 0 Å². The van der Waals surface area contributed by atoms with Gasteiger partial charge in [-0.05, 0) is 31.1 Å². The SMILES string of the molecule is CC[C]1C=CC=CC(CC)C1. The highest BCUT2D eigenvalue weighted by molar-refractivity contribution is 5.20. The summed E-state index contributed by atoms with van der Waals surface area (Å²) >= 11 is 0. The van der Waals surface area contributed by atoms with Crippen LogP contribution in [0.4, 0.5) is 0 Å². The van der Waals surface area contributed by atoms with Crippen LogP contribution in [0.5, 0.6) is 0 Å². The van der Waals surface area contributed by atoms with Crippen LogP contribution in [-0.4, -0.2) is 0 Å². The van der Waals surface area contributed by atoms with Crippen molar-refractivity contribution in [2.45, 2.75) is 33.1 Å². The lowest BCUT2D eigenvalue weighted by Gasteiger charge is -2.13. The summed E-state index contributed by atoms with van der Waals surface area (Å²) in [4.78, 5) is 0. The van der Waals surface area contributed by atoms with Gasteiger partial charge >= 0.3 is 0 Å². The van der Waals surface area contributed by atoms with Gasteiger partial charge in [-0.2, -0.15) is 0 Å². The van der Waals surface area contributed by atoms with E-state index in [-0.39, 0.29) is 0 Å². The van der Waals surface area contributed by atoms with Crippen LogP contribution in [0, 0.1) is 11.8 Å². The fourth-order valence-corrected chi connectivity index (χ4v) is 1.43. The summed E-state index contributed by atoms with van der Waals surface area (Å²) in [5.41, 5.74) is 0. The zero-order chi connectivity index (χ0) is 8.10. The molecule has 0 nitrogen and oxygen atoms in total. The quantitative estimate of drug-likeness (QED) is 0.563. The normalized spacial score (nSPS) is 25.5. The summed E-state index contributed by atoms with van der Waals surface area (Å²) in [6.07, 6.45) is 12.6. The highest BCUT2D eigenvalue weighted by Crippen LogP contribution is 2.24. The molecule has 0 heterocycles. The molecule has 0 aromatic rings. The van der Waals surface area contributed by atoms with Crippen LogP contribution in [0.1, 0.15) is 33.1 Å². The molecule has 0 N–H and O–H groups in total. The van der Waals surface area contributed by atoms with Gasteiger partial charge in [0, 0.05) is 0 Å². The number of rotatable bonds is 2. The average Bonchev–Trinajstić information content (AvgIpc) is 2.28. The number of allylic oxidation sites excluding steroid dienone is 4. The van der Waals surface area contributed by atoms with Crippen molar-refractivity contribution in [1.29, 1.82) is 0 Å². The van der Waals surface area contributed by atoms with Gasteiger partial charge in [-0.1, -0.05) is 38.2 Å². The van der Waals surface area contributed by atoms with Gasteiger partial charge in [0.25, 0.3) is 0 Å². The van der Waals surface area contributed by atoms with Crippen LogP contribution in [0.15, 0.2) is 24.3 Å². The first kappa shape index (κ1) is 8.58. The van der Waals surface area contributed by atoms with Crippen molar-refractivity contribution in [3.8, 4) is 0 Å². The fraction of sp³-hybridized carbons (Fsp3) is 0.545. The molecule has 0 amide bonds. The molecule has 0 aromatic carbocycles. The molecule has 0 bridgehead atoms. The molecule has 0 saturated heterocycles. The summed E-state index contributed by atoms with van der Waals surface area (Å²) in [7, 11) is 0. The maximum atomic E-state index is 2.32. The molecule has 1 rings (SSSR count). The predicted molar refractivity (Wildman–Crippen MR) is 50.2 cm³/mol. The van der Waals surface area contributed by atoms with Crippen molar-refractivity contribution in [2.75, 3.05) is 0 Å². The van der Waals surface area contributed by atoms with Gasteiger partial charge in [-0.25, -0.2) is 0 Å². The van der Waals surface area contributed by atoms with Gasteiger partial charge in [0.05, 0.1) is 0 Å². The van der Waals surface area contributed by atoms with Gasteiger partial charge in [0.2, 0.25) is 0 Å². The predicted octanol–water partition coefficient (Wildman–Crippen LogP) is 3.51. The Hall–Kier alpha value is -0.520. The first-order valence-corrected chi connectivity index (χ1v) is 4.56. The van der Waals surface area contributed by atoms with Crippen LogP contribution in [-0.2, 0) is 0 Å². The van der Waals surface area contributed by atoms with E-state index in [1.54, 1.807) is 5.92 Å². The van der Waals surface area contributed by atoms with Gasteiger partial charge in [0.15, 0.2) is 0 Å². The van der Waals surface area contributed by atoms with Crippen molar-refractivity contribution in [3.05, 3.63) is 30.2 Å². The molecular weight excluding hydrogens is 132 g/mol. The van der Waals surface area contributed by atoms with Crippen LogP contribution in [0.25, 0.3) is 0 Å². The van der Waals surface area contributed by atoms with Crippen LogP contribution in [0.3, 0.4) is 0 Å². The third-order valence-electron chi connectivity index (χ3n) is 2.33. The van der Waals surface area contributed by atoms with Crippen molar-refractivity contribution < 1.29 is 0 Å². The lowest BCUT2D eigenvalue weighted by atomic mass is 9.92. The molecule has 0 saturated carbocycles. The standard InChI is InChI=1S/C11H17/c1-3-10-7-5-6-8-11(4-2)9-10/h5-8,10H,3-4,9H2,1-2H3. The first-order chi connectivity index (χ1) is 5.36. The van der Waals surface area contributed by atoms with Crippen molar-refractivity contribution in [2.24, 2.45) is 5.92 Å². The zero-order valence-electron chi connectivity index (χ0n) is 7.51. The molecule has 0 spiro atoms. The largest absolute Gasteiger partial charge is 0.0814 e. The maximum Gasteiger partial charge on any atom is -0.00210 e. The molecule has 0 fully saturated rings. The summed E-state index contributed by atoms with van der Waals surface area (Å²) < 4.78 is 0. The Kier molecular flexibility index (Phi) is 3.41. The second-order valence-corrected chi connectivity index (χ2v) is 3.13. The maximum absolute atomic E-state index is 2.32. The third kappa shape index (κ3) is 2.53. The van der Waals surface area contributed by atoms with Gasteiger partial charge in [-0.15, -0.1) is 0 Å². The van der Waals surface area contributed by atoms with Gasteiger partial charge in [-0.3, -0.25) is 0 Å². The van der Waals surface area contributed by atoms with E-state index >= 15 is 0 Å².